The molecular weight excluding hydrogens is 220 g/mol. The van der Waals surface area contributed by atoms with E-state index < -0.39 is 11.2 Å². The second-order valence-electron chi connectivity index (χ2n) is 5.55. The summed E-state index contributed by atoms with van der Waals surface area (Å²) in [4.78, 5) is 13.4. The fourth-order valence-corrected chi connectivity index (χ4v) is 1.74. The molecule has 0 N–H and O–H groups in total. The molecule has 1 fully saturated rings. The molecule has 0 bridgehead atoms. The van der Waals surface area contributed by atoms with Crippen molar-refractivity contribution < 1.29 is 14.3 Å². The Morgan fingerprint density at radius 3 is 2.71 bits per heavy atom. The Morgan fingerprint density at radius 2 is 2.18 bits per heavy atom. The average Bonchev–Trinajstić information content (AvgIpc) is 2.56. The van der Waals surface area contributed by atoms with Gasteiger partial charge >= 0.3 is 6.09 Å². The van der Waals surface area contributed by atoms with Crippen molar-refractivity contribution in [3.63, 3.8) is 0 Å². The largest absolute Gasteiger partial charge is 0.444 e. The van der Waals surface area contributed by atoms with E-state index in [2.05, 4.69) is 0 Å². The predicted octanol–water partition coefficient (Wildman–Crippen LogP) is 1.93. The quantitative estimate of drug-likeness (QED) is 0.739. The Labute approximate surface area is 102 Å². The lowest BCUT2D eigenvalue weighted by Crippen LogP contribution is -2.39. The van der Waals surface area contributed by atoms with Crippen molar-refractivity contribution in [2.24, 2.45) is 0 Å². The zero-order valence-corrected chi connectivity index (χ0v) is 10.9. The van der Waals surface area contributed by atoms with Gasteiger partial charge in [0.15, 0.2) is 0 Å². The van der Waals surface area contributed by atoms with Crippen LogP contribution in [0.1, 0.15) is 34.1 Å². The van der Waals surface area contributed by atoms with Crippen molar-refractivity contribution in [3.8, 4) is 6.07 Å². The molecule has 1 amide bonds. The minimum atomic E-state index is -0.483. The molecule has 0 aliphatic carbocycles. The summed E-state index contributed by atoms with van der Waals surface area (Å²) in [5, 5.41) is 8.49. The van der Waals surface area contributed by atoms with E-state index in [0.29, 0.717) is 13.1 Å². The number of amides is 1. The smallest absolute Gasteiger partial charge is 0.410 e. The molecule has 1 unspecified atom stereocenters. The van der Waals surface area contributed by atoms with Gasteiger partial charge in [-0.05, 0) is 34.1 Å². The molecule has 1 atom stereocenters. The van der Waals surface area contributed by atoms with E-state index in [-0.39, 0.29) is 12.7 Å². The summed E-state index contributed by atoms with van der Waals surface area (Å²) < 4.78 is 10.7. The van der Waals surface area contributed by atoms with Crippen molar-refractivity contribution >= 4 is 6.09 Å². The van der Waals surface area contributed by atoms with Crippen molar-refractivity contribution in [3.05, 3.63) is 0 Å². The molecule has 5 heteroatoms. The number of nitriles is 1. The first kappa shape index (κ1) is 13.8. The van der Waals surface area contributed by atoms with Crippen LogP contribution in [0.15, 0.2) is 0 Å². The molecule has 0 aromatic carbocycles. The molecular formula is C12H20N2O3. The van der Waals surface area contributed by atoms with Gasteiger partial charge in [0.1, 0.15) is 12.2 Å². The molecule has 17 heavy (non-hydrogen) atoms. The first-order valence-electron chi connectivity index (χ1n) is 5.75. The van der Waals surface area contributed by atoms with Crippen molar-refractivity contribution in [1.29, 1.82) is 5.26 Å². The van der Waals surface area contributed by atoms with Crippen LogP contribution in [0.4, 0.5) is 4.79 Å². The minimum absolute atomic E-state index is 0.0542. The number of likely N-dealkylation sites (tertiary alicyclic amines) is 1. The van der Waals surface area contributed by atoms with Crippen LogP contribution in [-0.4, -0.2) is 41.9 Å². The molecule has 0 spiro atoms. The Kier molecular flexibility index (Phi) is 3.99. The molecule has 1 aliphatic heterocycles. The standard InChI is InChI=1S/C12H20N2O3/c1-11(2,3)17-10(15)14-7-5-12(4,9-14)16-8-6-13/h5,7-9H2,1-4H3. The lowest BCUT2D eigenvalue weighted by atomic mass is 10.1. The number of carbonyl (C=O) groups excluding carboxylic acids is 1. The molecule has 1 rings (SSSR count). The van der Waals surface area contributed by atoms with Gasteiger partial charge in [-0.1, -0.05) is 0 Å². The Bertz CT molecular complexity index is 330. The van der Waals surface area contributed by atoms with Crippen LogP contribution in [0.5, 0.6) is 0 Å². The van der Waals surface area contributed by atoms with Gasteiger partial charge in [0, 0.05) is 6.54 Å². The van der Waals surface area contributed by atoms with Crippen LogP contribution < -0.4 is 0 Å². The van der Waals surface area contributed by atoms with Crippen LogP contribution >= 0.6 is 0 Å². The number of ether oxygens (including phenoxy) is 2. The van der Waals surface area contributed by atoms with Gasteiger partial charge in [-0.3, -0.25) is 0 Å². The van der Waals surface area contributed by atoms with Gasteiger partial charge < -0.3 is 14.4 Å². The SMILES string of the molecule is CC(C)(C)OC(=O)N1CCC(C)(OCC#N)C1. The number of carbonyl (C=O) groups is 1. The van der Waals surface area contributed by atoms with E-state index in [0.717, 1.165) is 6.42 Å². The predicted molar refractivity (Wildman–Crippen MR) is 62.4 cm³/mol. The molecule has 0 aromatic heterocycles. The van der Waals surface area contributed by atoms with Gasteiger partial charge in [0.05, 0.1) is 18.2 Å². The maximum absolute atomic E-state index is 11.8. The van der Waals surface area contributed by atoms with Gasteiger partial charge in [-0.15, -0.1) is 0 Å². The summed E-state index contributed by atoms with van der Waals surface area (Å²) in [6.45, 7) is 8.57. The summed E-state index contributed by atoms with van der Waals surface area (Å²) in [6.07, 6.45) is 0.412. The second-order valence-corrected chi connectivity index (χ2v) is 5.55. The molecule has 5 nitrogen and oxygen atoms in total. The zero-order chi connectivity index (χ0) is 13.1. The second kappa shape index (κ2) is 4.92. The van der Waals surface area contributed by atoms with Gasteiger partial charge in [0.25, 0.3) is 0 Å². The first-order valence-corrected chi connectivity index (χ1v) is 5.75. The van der Waals surface area contributed by atoms with Crippen LogP contribution in [0.3, 0.4) is 0 Å². The molecule has 0 saturated carbocycles. The maximum atomic E-state index is 11.8. The molecule has 0 radical (unpaired) electrons. The zero-order valence-electron chi connectivity index (χ0n) is 10.9. The van der Waals surface area contributed by atoms with Crippen LogP contribution in [0.25, 0.3) is 0 Å². The summed E-state index contributed by atoms with van der Waals surface area (Å²) >= 11 is 0. The van der Waals surface area contributed by atoms with E-state index in [4.69, 9.17) is 14.7 Å². The summed E-state index contributed by atoms with van der Waals surface area (Å²) in [5.74, 6) is 0. The summed E-state index contributed by atoms with van der Waals surface area (Å²) in [7, 11) is 0. The summed E-state index contributed by atoms with van der Waals surface area (Å²) in [5.41, 5.74) is -0.907. The third-order valence-electron chi connectivity index (χ3n) is 2.57. The van der Waals surface area contributed by atoms with E-state index >= 15 is 0 Å². The monoisotopic (exact) mass is 240 g/mol. The molecule has 96 valence electrons. The van der Waals surface area contributed by atoms with E-state index in [1.165, 1.54) is 0 Å². The highest BCUT2D eigenvalue weighted by atomic mass is 16.6. The van der Waals surface area contributed by atoms with E-state index in [9.17, 15) is 4.79 Å². The Hall–Kier alpha value is -1.28. The number of nitrogens with zero attached hydrogens (tertiary/aromatic N) is 2. The van der Waals surface area contributed by atoms with E-state index in [1.54, 1.807) is 4.90 Å². The number of hydrogen-bond acceptors (Lipinski definition) is 4. The molecule has 1 aliphatic rings. The third kappa shape index (κ3) is 4.23. The molecule has 0 aromatic rings. The topological polar surface area (TPSA) is 62.6 Å². The average molecular weight is 240 g/mol. The highest BCUT2D eigenvalue weighted by Gasteiger charge is 2.38. The highest BCUT2D eigenvalue weighted by molar-refractivity contribution is 5.68. The maximum Gasteiger partial charge on any atom is 0.410 e. The first-order chi connectivity index (χ1) is 7.76. The van der Waals surface area contributed by atoms with Crippen molar-refractivity contribution in [1.82, 2.24) is 4.90 Å². The number of rotatable bonds is 2. The minimum Gasteiger partial charge on any atom is -0.444 e. The Morgan fingerprint density at radius 1 is 1.53 bits per heavy atom. The van der Waals surface area contributed by atoms with Gasteiger partial charge in [0.2, 0.25) is 0 Å². The fourth-order valence-electron chi connectivity index (χ4n) is 1.74. The van der Waals surface area contributed by atoms with Crippen LogP contribution in [-0.2, 0) is 9.47 Å². The third-order valence-corrected chi connectivity index (χ3v) is 2.57. The van der Waals surface area contributed by atoms with Crippen LogP contribution in [0.2, 0.25) is 0 Å². The molecule has 1 heterocycles. The van der Waals surface area contributed by atoms with Crippen molar-refractivity contribution in [2.45, 2.75) is 45.3 Å². The number of hydrogen-bond donors (Lipinski definition) is 0. The summed E-state index contributed by atoms with van der Waals surface area (Å²) in [6, 6.07) is 1.95. The van der Waals surface area contributed by atoms with Crippen molar-refractivity contribution in [2.75, 3.05) is 19.7 Å². The van der Waals surface area contributed by atoms with E-state index in [1.807, 2.05) is 33.8 Å². The van der Waals surface area contributed by atoms with Gasteiger partial charge in [-0.2, -0.15) is 5.26 Å². The fraction of sp³-hybridized carbons (Fsp3) is 0.833. The Balaban J connectivity index is 2.50. The highest BCUT2D eigenvalue weighted by Crippen LogP contribution is 2.26. The lowest BCUT2D eigenvalue weighted by Gasteiger charge is -2.26. The van der Waals surface area contributed by atoms with Gasteiger partial charge in [-0.25, -0.2) is 4.79 Å². The lowest BCUT2D eigenvalue weighted by molar-refractivity contribution is -0.0121. The molecule has 1 saturated heterocycles. The van der Waals surface area contributed by atoms with Crippen LogP contribution in [0, 0.1) is 11.3 Å². The normalized spacial score (nSPS) is 24.5.